The van der Waals surface area contributed by atoms with Crippen LogP contribution in [0.1, 0.15) is 6.92 Å². The molecule has 0 aromatic carbocycles. The molecule has 0 spiro atoms. The SMILES string of the molecule is CCNSc1cnccc1[N+](=O)[O-]. The Morgan fingerprint density at radius 2 is 2.54 bits per heavy atom. The Bertz CT molecular complexity index is 306. The largest absolute Gasteiger partial charge is 0.287 e. The van der Waals surface area contributed by atoms with Crippen molar-refractivity contribution in [1.29, 1.82) is 0 Å². The predicted octanol–water partition coefficient (Wildman–Crippen LogP) is 1.61. The Labute approximate surface area is 79.8 Å². The quantitative estimate of drug-likeness (QED) is 0.453. The Morgan fingerprint density at radius 1 is 1.77 bits per heavy atom. The maximum absolute atomic E-state index is 10.5. The molecule has 1 aromatic heterocycles. The lowest BCUT2D eigenvalue weighted by Crippen LogP contribution is -2.02. The summed E-state index contributed by atoms with van der Waals surface area (Å²) in [6, 6.07) is 1.39. The Morgan fingerprint density at radius 3 is 3.15 bits per heavy atom. The first kappa shape index (κ1) is 9.94. The summed E-state index contributed by atoms with van der Waals surface area (Å²) in [5.41, 5.74) is 0.0842. The van der Waals surface area contributed by atoms with Crippen molar-refractivity contribution in [2.75, 3.05) is 6.54 Å². The molecule has 0 saturated carbocycles. The van der Waals surface area contributed by atoms with Crippen LogP contribution in [0.15, 0.2) is 23.4 Å². The van der Waals surface area contributed by atoms with Crippen molar-refractivity contribution in [3.63, 3.8) is 0 Å². The third kappa shape index (κ3) is 2.67. The Hall–Kier alpha value is -1.14. The number of aromatic nitrogens is 1. The van der Waals surface area contributed by atoms with Crippen molar-refractivity contribution >= 4 is 17.6 Å². The second kappa shape index (κ2) is 4.78. The number of nitrogens with one attached hydrogen (secondary N) is 1. The van der Waals surface area contributed by atoms with E-state index in [1.54, 1.807) is 0 Å². The molecule has 13 heavy (non-hydrogen) atoms. The summed E-state index contributed by atoms with van der Waals surface area (Å²) in [7, 11) is 0. The molecule has 0 aliphatic carbocycles. The van der Waals surface area contributed by atoms with Crippen molar-refractivity contribution in [3.05, 3.63) is 28.6 Å². The average Bonchev–Trinajstić information content (AvgIpc) is 2.15. The number of hydrogen-bond donors (Lipinski definition) is 1. The van der Waals surface area contributed by atoms with Crippen molar-refractivity contribution in [2.24, 2.45) is 0 Å². The lowest BCUT2D eigenvalue weighted by Gasteiger charge is -2.00. The summed E-state index contributed by atoms with van der Waals surface area (Å²) in [6.07, 6.45) is 2.89. The zero-order valence-electron chi connectivity index (χ0n) is 7.06. The molecule has 0 bridgehead atoms. The van der Waals surface area contributed by atoms with Gasteiger partial charge in [-0.3, -0.25) is 19.8 Å². The second-order valence-electron chi connectivity index (χ2n) is 2.20. The maximum Gasteiger partial charge on any atom is 0.287 e. The molecule has 0 fully saturated rings. The van der Waals surface area contributed by atoms with Gasteiger partial charge in [-0.1, -0.05) is 6.92 Å². The van der Waals surface area contributed by atoms with Gasteiger partial charge in [0, 0.05) is 25.0 Å². The molecule has 0 atom stereocenters. The summed E-state index contributed by atoms with van der Waals surface area (Å²) >= 11 is 1.22. The highest BCUT2D eigenvalue weighted by Crippen LogP contribution is 2.24. The number of pyridine rings is 1. The molecule has 0 saturated heterocycles. The number of nitro groups is 1. The minimum absolute atomic E-state index is 0.0842. The van der Waals surface area contributed by atoms with Crippen molar-refractivity contribution in [3.8, 4) is 0 Å². The first-order chi connectivity index (χ1) is 6.25. The van der Waals surface area contributed by atoms with Gasteiger partial charge >= 0.3 is 0 Å². The van der Waals surface area contributed by atoms with Gasteiger partial charge in [0.25, 0.3) is 5.69 Å². The maximum atomic E-state index is 10.5. The van der Waals surface area contributed by atoms with Gasteiger partial charge in [-0.15, -0.1) is 0 Å². The fourth-order valence-corrected chi connectivity index (χ4v) is 1.41. The van der Waals surface area contributed by atoms with Crippen LogP contribution in [0.2, 0.25) is 0 Å². The van der Waals surface area contributed by atoms with E-state index in [1.807, 2.05) is 6.92 Å². The van der Waals surface area contributed by atoms with Gasteiger partial charge in [0.1, 0.15) is 4.90 Å². The monoisotopic (exact) mass is 199 g/mol. The van der Waals surface area contributed by atoms with E-state index in [4.69, 9.17) is 0 Å². The van der Waals surface area contributed by atoms with E-state index in [2.05, 4.69) is 9.71 Å². The van der Waals surface area contributed by atoms with Crippen LogP contribution in [0.25, 0.3) is 0 Å². The van der Waals surface area contributed by atoms with Gasteiger partial charge in [0.2, 0.25) is 0 Å². The third-order valence-electron chi connectivity index (χ3n) is 1.29. The van der Waals surface area contributed by atoms with Crippen LogP contribution in [0.4, 0.5) is 5.69 Å². The fraction of sp³-hybridized carbons (Fsp3) is 0.286. The highest BCUT2D eigenvalue weighted by Gasteiger charge is 2.12. The van der Waals surface area contributed by atoms with Crippen LogP contribution in [-0.2, 0) is 0 Å². The minimum atomic E-state index is -0.415. The summed E-state index contributed by atoms with van der Waals surface area (Å²) in [4.78, 5) is 14.5. The first-order valence-electron chi connectivity index (χ1n) is 3.73. The third-order valence-corrected chi connectivity index (χ3v) is 2.25. The summed E-state index contributed by atoms with van der Waals surface area (Å²) in [6.45, 7) is 2.67. The molecule has 0 aliphatic heterocycles. The standard InChI is InChI=1S/C7H9N3O2S/c1-2-9-13-7-5-8-4-3-6(7)10(11)12/h3-5,9H,2H2,1H3. The smallest absolute Gasteiger partial charge is 0.263 e. The zero-order valence-corrected chi connectivity index (χ0v) is 7.87. The Kier molecular flexibility index (Phi) is 3.66. The number of hydrogen-bond acceptors (Lipinski definition) is 5. The average molecular weight is 199 g/mol. The highest BCUT2D eigenvalue weighted by molar-refractivity contribution is 7.97. The van der Waals surface area contributed by atoms with Gasteiger partial charge in [-0.2, -0.15) is 0 Å². The highest BCUT2D eigenvalue weighted by atomic mass is 32.2. The molecule has 6 heteroatoms. The van der Waals surface area contributed by atoms with Crippen molar-refractivity contribution in [2.45, 2.75) is 11.8 Å². The molecular formula is C7H9N3O2S. The molecule has 70 valence electrons. The van der Waals surface area contributed by atoms with Crippen LogP contribution in [0.5, 0.6) is 0 Å². The van der Waals surface area contributed by atoms with Crippen molar-refractivity contribution < 1.29 is 4.92 Å². The predicted molar refractivity (Wildman–Crippen MR) is 50.4 cm³/mol. The van der Waals surface area contributed by atoms with E-state index in [1.165, 1.54) is 30.4 Å². The van der Waals surface area contributed by atoms with E-state index >= 15 is 0 Å². The molecular weight excluding hydrogens is 190 g/mol. The van der Waals surface area contributed by atoms with Crippen molar-refractivity contribution in [1.82, 2.24) is 9.71 Å². The molecule has 1 aromatic rings. The zero-order chi connectivity index (χ0) is 9.68. The molecule has 0 unspecified atom stereocenters. The van der Waals surface area contributed by atoms with Gasteiger partial charge in [0.05, 0.1) is 4.92 Å². The van der Waals surface area contributed by atoms with Crippen LogP contribution in [0, 0.1) is 10.1 Å². The molecule has 0 aliphatic rings. The summed E-state index contributed by atoms with van der Waals surface area (Å²) in [5.74, 6) is 0. The van der Waals surface area contributed by atoms with Crippen LogP contribution in [0.3, 0.4) is 0 Å². The van der Waals surface area contributed by atoms with Crippen LogP contribution >= 0.6 is 11.9 Å². The molecule has 1 heterocycles. The van der Waals surface area contributed by atoms with Crippen LogP contribution < -0.4 is 4.72 Å². The van der Waals surface area contributed by atoms with E-state index in [-0.39, 0.29) is 5.69 Å². The van der Waals surface area contributed by atoms with Gasteiger partial charge in [-0.05, 0) is 11.9 Å². The lowest BCUT2D eigenvalue weighted by molar-refractivity contribution is -0.387. The van der Waals surface area contributed by atoms with E-state index in [9.17, 15) is 10.1 Å². The lowest BCUT2D eigenvalue weighted by atomic mass is 10.4. The fourth-order valence-electron chi connectivity index (χ4n) is 0.752. The van der Waals surface area contributed by atoms with E-state index in [0.29, 0.717) is 4.90 Å². The molecule has 5 nitrogen and oxygen atoms in total. The minimum Gasteiger partial charge on any atom is -0.263 e. The second-order valence-corrected chi connectivity index (χ2v) is 3.13. The Balaban J connectivity index is 2.84. The first-order valence-corrected chi connectivity index (χ1v) is 4.55. The van der Waals surface area contributed by atoms with E-state index in [0.717, 1.165) is 6.54 Å². The molecule has 0 amide bonds. The number of nitrogens with zero attached hydrogens (tertiary/aromatic N) is 2. The summed E-state index contributed by atoms with van der Waals surface area (Å²) in [5, 5.41) is 10.5. The normalized spacial score (nSPS) is 9.92. The van der Waals surface area contributed by atoms with E-state index < -0.39 is 4.92 Å². The molecule has 1 N–H and O–H groups in total. The topological polar surface area (TPSA) is 68.1 Å². The van der Waals surface area contributed by atoms with Crippen LogP contribution in [-0.4, -0.2) is 16.5 Å². The molecule has 0 radical (unpaired) electrons. The number of rotatable bonds is 4. The van der Waals surface area contributed by atoms with Gasteiger partial charge in [0.15, 0.2) is 0 Å². The molecule has 1 rings (SSSR count). The van der Waals surface area contributed by atoms with Gasteiger partial charge < -0.3 is 0 Å². The summed E-state index contributed by atoms with van der Waals surface area (Å²) < 4.78 is 2.93. The van der Waals surface area contributed by atoms with Gasteiger partial charge in [-0.25, -0.2) is 0 Å².